The first-order valence-electron chi connectivity index (χ1n) is 3.74. The second-order valence-corrected chi connectivity index (χ2v) is 2.50. The van der Waals surface area contributed by atoms with Crippen LogP contribution in [0, 0.1) is 0 Å². The quantitative estimate of drug-likeness (QED) is 0.578. The third-order valence-electron chi connectivity index (χ3n) is 1.79. The molecule has 0 aliphatic heterocycles. The van der Waals surface area contributed by atoms with Gasteiger partial charge in [0.1, 0.15) is 7.85 Å². The minimum atomic E-state index is 1.15. The molecule has 0 spiro atoms. The molecule has 0 aromatic heterocycles. The van der Waals surface area contributed by atoms with Crippen LogP contribution in [0.1, 0.15) is 0 Å². The molecule has 1 aromatic carbocycles. The van der Waals surface area contributed by atoms with Crippen molar-refractivity contribution in [2.75, 3.05) is 24.7 Å². The lowest BCUT2D eigenvalue weighted by Crippen LogP contribution is -2.11. The molecular weight excluding hydrogens is 135 g/mol. The van der Waals surface area contributed by atoms with E-state index in [4.69, 9.17) is 0 Å². The summed E-state index contributed by atoms with van der Waals surface area (Å²) in [6, 6.07) is 6.19. The van der Waals surface area contributed by atoms with Crippen LogP contribution in [0.15, 0.2) is 18.2 Å². The average Bonchev–Trinajstić information content (AvgIpc) is 2.04. The number of para-hydroxylation sites is 1. The Balaban J connectivity index is 3.13. The first-order valence-corrected chi connectivity index (χ1v) is 3.74. The van der Waals surface area contributed by atoms with Gasteiger partial charge in [0.15, 0.2) is 0 Å². The molecule has 0 amide bonds. The molecule has 3 heteroatoms. The van der Waals surface area contributed by atoms with Gasteiger partial charge in [0.25, 0.3) is 0 Å². The Morgan fingerprint density at radius 3 is 2.36 bits per heavy atom. The maximum absolute atomic E-state index is 3.15. The van der Waals surface area contributed by atoms with E-state index in [-0.39, 0.29) is 0 Å². The first kappa shape index (κ1) is 7.99. The fraction of sp³-hybridized carbons (Fsp3) is 0.250. The van der Waals surface area contributed by atoms with Gasteiger partial charge in [-0.1, -0.05) is 17.6 Å². The van der Waals surface area contributed by atoms with Crippen molar-refractivity contribution in [3.8, 4) is 0 Å². The van der Waals surface area contributed by atoms with Crippen molar-refractivity contribution in [2.24, 2.45) is 0 Å². The van der Waals surface area contributed by atoms with E-state index in [1.54, 1.807) is 0 Å². The minimum Gasteiger partial charge on any atom is -0.387 e. The summed E-state index contributed by atoms with van der Waals surface area (Å²) in [5.74, 6) is 0. The van der Waals surface area contributed by atoms with Crippen molar-refractivity contribution in [2.45, 2.75) is 0 Å². The molecule has 2 nitrogen and oxygen atoms in total. The van der Waals surface area contributed by atoms with Gasteiger partial charge >= 0.3 is 0 Å². The number of hydrogen-bond acceptors (Lipinski definition) is 2. The zero-order valence-corrected chi connectivity index (χ0v) is 7.23. The molecule has 58 valence electrons. The SMILES string of the molecule is Bc1cccc(NC)c1NC. The van der Waals surface area contributed by atoms with Crippen molar-refractivity contribution >= 4 is 24.7 Å². The number of rotatable bonds is 2. The summed E-state index contributed by atoms with van der Waals surface area (Å²) in [6.45, 7) is 0. The Labute approximate surface area is 68.4 Å². The number of nitrogens with one attached hydrogen (secondary N) is 2. The summed E-state index contributed by atoms with van der Waals surface area (Å²) in [5, 5.41) is 6.28. The Morgan fingerprint density at radius 2 is 1.91 bits per heavy atom. The van der Waals surface area contributed by atoms with Gasteiger partial charge in [-0.05, 0) is 6.07 Å². The zero-order chi connectivity index (χ0) is 8.27. The van der Waals surface area contributed by atoms with E-state index >= 15 is 0 Å². The summed E-state index contributed by atoms with van der Waals surface area (Å²) in [5.41, 5.74) is 3.59. The topological polar surface area (TPSA) is 24.1 Å². The Bertz CT molecular complexity index is 248. The lowest BCUT2D eigenvalue weighted by atomic mass is 9.93. The second kappa shape index (κ2) is 3.33. The van der Waals surface area contributed by atoms with Crippen molar-refractivity contribution < 1.29 is 0 Å². The van der Waals surface area contributed by atoms with Crippen molar-refractivity contribution in [3.05, 3.63) is 18.2 Å². The fourth-order valence-electron chi connectivity index (χ4n) is 1.21. The summed E-state index contributed by atoms with van der Waals surface area (Å²) >= 11 is 0. The van der Waals surface area contributed by atoms with Crippen LogP contribution in [-0.2, 0) is 0 Å². The average molecular weight is 148 g/mol. The van der Waals surface area contributed by atoms with Gasteiger partial charge in [-0.15, -0.1) is 0 Å². The van der Waals surface area contributed by atoms with Crippen molar-refractivity contribution in [1.29, 1.82) is 0 Å². The third kappa shape index (κ3) is 1.48. The Kier molecular flexibility index (Phi) is 2.42. The predicted molar refractivity (Wildman–Crippen MR) is 53.7 cm³/mol. The molecule has 0 atom stereocenters. The largest absolute Gasteiger partial charge is 0.387 e. The van der Waals surface area contributed by atoms with E-state index in [2.05, 4.69) is 30.6 Å². The minimum absolute atomic E-state index is 1.15. The maximum Gasteiger partial charge on any atom is 0.142 e. The van der Waals surface area contributed by atoms with Crippen LogP contribution in [0.3, 0.4) is 0 Å². The molecule has 1 aromatic rings. The molecule has 11 heavy (non-hydrogen) atoms. The highest BCUT2D eigenvalue weighted by Crippen LogP contribution is 2.16. The van der Waals surface area contributed by atoms with Crippen LogP contribution < -0.4 is 16.1 Å². The summed E-state index contributed by atoms with van der Waals surface area (Å²) < 4.78 is 0. The van der Waals surface area contributed by atoms with Gasteiger partial charge in [0, 0.05) is 14.1 Å². The molecule has 0 saturated carbocycles. The fourth-order valence-corrected chi connectivity index (χ4v) is 1.21. The van der Waals surface area contributed by atoms with Gasteiger partial charge in [-0.25, -0.2) is 0 Å². The molecule has 0 radical (unpaired) electrons. The van der Waals surface area contributed by atoms with Gasteiger partial charge in [0.2, 0.25) is 0 Å². The smallest absolute Gasteiger partial charge is 0.142 e. The highest BCUT2D eigenvalue weighted by Gasteiger charge is 1.99. The molecule has 0 bridgehead atoms. The molecular formula is C8H13BN2. The normalized spacial score (nSPS) is 9.27. The molecule has 1 rings (SSSR count). The van der Waals surface area contributed by atoms with Crippen LogP contribution in [-0.4, -0.2) is 21.9 Å². The Hall–Kier alpha value is -1.12. The van der Waals surface area contributed by atoms with E-state index < -0.39 is 0 Å². The highest BCUT2D eigenvalue weighted by molar-refractivity contribution is 6.36. The predicted octanol–water partition coefficient (Wildman–Crippen LogP) is 0.0284. The second-order valence-electron chi connectivity index (χ2n) is 2.50. The lowest BCUT2D eigenvalue weighted by molar-refractivity contribution is 1.47. The Morgan fingerprint density at radius 1 is 1.18 bits per heavy atom. The van der Waals surface area contributed by atoms with E-state index in [0.717, 1.165) is 5.69 Å². The van der Waals surface area contributed by atoms with E-state index in [1.165, 1.54) is 11.2 Å². The van der Waals surface area contributed by atoms with Crippen molar-refractivity contribution in [1.82, 2.24) is 0 Å². The summed E-state index contributed by atoms with van der Waals surface area (Å²) in [6.07, 6.45) is 0. The molecule has 0 saturated heterocycles. The molecule has 0 fully saturated rings. The molecule has 0 heterocycles. The number of hydrogen-bond donors (Lipinski definition) is 2. The standard InChI is InChI=1S/C8H13BN2/c1-10-7-5-3-4-6(9)8(7)11-2/h3-5,10-11H,9H2,1-2H3. The summed E-state index contributed by atoms with van der Waals surface area (Å²) in [7, 11) is 5.95. The molecule has 0 aliphatic carbocycles. The first-order chi connectivity index (χ1) is 5.29. The maximum atomic E-state index is 3.15. The van der Waals surface area contributed by atoms with Crippen LogP contribution >= 0.6 is 0 Å². The number of benzene rings is 1. The third-order valence-corrected chi connectivity index (χ3v) is 1.79. The highest BCUT2D eigenvalue weighted by atomic mass is 14.9. The van der Waals surface area contributed by atoms with Crippen LogP contribution in [0.5, 0.6) is 0 Å². The van der Waals surface area contributed by atoms with Crippen LogP contribution in [0.25, 0.3) is 0 Å². The van der Waals surface area contributed by atoms with Crippen LogP contribution in [0.2, 0.25) is 0 Å². The monoisotopic (exact) mass is 148 g/mol. The number of anilines is 2. The van der Waals surface area contributed by atoms with Gasteiger partial charge in [-0.2, -0.15) is 0 Å². The van der Waals surface area contributed by atoms with E-state index in [0.29, 0.717) is 0 Å². The van der Waals surface area contributed by atoms with E-state index in [1.807, 2.05) is 20.2 Å². The van der Waals surface area contributed by atoms with Gasteiger partial charge in [0.05, 0.1) is 11.4 Å². The van der Waals surface area contributed by atoms with E-state index in [9.17, 15) is 0 Å². The van der Waals surface area contributed by atoms with Crippen LogP contribution in [0.4, 0.5) is 11.4 Å². The molecule has 0 aliphatic rings. The van der Waals surface area contributed by atoms with Crippen molar-refractivity contribution in [3.63, 3.8) is 0 Å². The van der Waals surface area contributed by atoms with Gasteiger partial charge < -0.3 is 10.6 Å². The molecule has 0 unspecified atom stereocenters. The summed E-state index contributed by atoms with van der Waals surface area (Å²) in [4.78, 5) is 0. The van der Waals surface area contributed by atoms with Gasteiger partial charge in [-0.3, -0.25) is 0 Å². The lowest BCUT2D eigenvalue weighted by Gasteiger charge is -2.10. The molecule has 2 N–H and O–H groups in total. The zero-order valence-electron chi connectivity index (χ0n) is 7.23.